The van der Waals surface area contributed by atoms with Crippen LogP contribution in [0, 0.1) is 17.0 Å². The molecule has 86 valence electrons. The lowest BCUT2D eigenvalue weighted by Crippen LogP contribution is -2.07. The van der Waals surface area contributed by atoms with Gasteiger partial charge in [-0.05, 0) is 13.0 Å². The molecule has 0 heterocycles. The van der Waals surface area contributed by atoms with E-state index in [1.807, 2.05) is 6.92 Å². The number of ether oxygens (including phenoxy) is 1. The maximum Gasteiger partial charge on any atom is 0.315 e. The molecule has 0 aliphatic rings. The molecule has 1 aromatic carbocycles. The molecule has 6 heteroatoms. The Morgan fingerprint density at radius 2 is 2.25 bits per heavy atom. The van der Waals surface area contributed by atoms with E-state index in [0.717, 1.165) is 5.56 Å². The summed E-state index contributed by atoms with van der Waals surface area (Å²) in [5.74, 6) is -0.543. The Bertz CT molecular complexity index is 419. The van der Waals surface area contributed by atoms with E-state index in [9.17, 15) is 14.9 Å². The SMILES string of the molecule is Cc1ccc([N+](=O)[O-])c(COC(=O)CS)c1. The molecule has 0 unspecified atom stereocenters. The fourth-order valence-corrected chi connectivity index (χ4v) is 1.30. The summed E-state index contributed by atoms with van der Waals surface area (Å²) in [4.78, 5) is 21.1. The average Bonchev–Trinajstić information content (AvgIpc) is 2.25. The molecule has 0 amide bonds. The van der Waals surface area contributed by atoms with Gasteiger partial charge in [-0.15, -0.1) is 0 Å². The van der Waals surface area contributed by atoms with E-state index in [2.05, 4.69) is 12.6 Å². The number of nitro groups is 1. The van der Waals surface area contributed by atoms with Gasteiger partial charge in [0.15, 0.2) is 0 Å². The van der Waals surface area contributed by atoms with Crippen LogP contribution in [0.2, 0.25) is 0 Å². The monoisotopic (exact) mass is 241 g/mol. The topological polar surface area (TPSA) is 69.4 Å². The van der Waals surface area contributed by atoms with E-state index >= 15 is 0 Å². The highest BCUT2D eigenvalue weighted by molar-refractivity contribution is 7.81. The standard InChI is InChI=1S/C10H11NO4S/c1-7-2-3-9(11(13)14)8(4-7)5-15-10(12)6-16/h2-4,16H,5-6H2,1H3. The van der Waals surface area contributed by atoms with Gasteiger partial charge in [0.1, 0.15) is 6.61 Å². The molecule has 0 aromatic heterocycles. The van der Waals surface area contributed by atoms with Crippen LogP contribution in [0.25, 0.3) is 0 Å². The van der Waals surface area contributed by atoms with E-state index in [0.29, 0.717) is 5.56 Å². The number of nitrogens with zero attached hydrogens (tertiary/aromatic N) is 1. The molecule has 0 aliphatic carbocycles. The van der Waals surface area contributed by atoms with Gasteiger partial charge in [0.25, 0.3) is 5.69 Å². The Balaban J connectivity index is 2.88. The zero-order valence-electron chi connectivity index (χ0n) is 8.67. The van der Waals surface area contributed by atoms with Crippen LogP contribution >= 0.6 is 12.6 Å². The molecule has 0 N–H and O–H groups in total. The zero-order chi connectivity index (χ0) is 12.1. The normalized spacial score (nSPS) is 9.88. The number of esters is 1. The second-order valence-electron chi connectivity index (χ2n) is 3.21. The Morgan fingerprint density at radius 3 is 2.81 bits per heavy atom. The molecule has 0 spiro atoms. The van der Waals surface area contributed by atoms with Crippen molar-refractivity contribution in [1.82, 2.24) is 0 Å². The van der Waals surface area contributed by atoms with E-state index in [-0.39, 0.29) is 18.0 Å². The maximum absolute atomic E-state index is 10.9. The van der Waals surface area contributed by atoms with E-state index in [1.165, 1.54) is 6.07 Å². The van der Waals surface area contributed by atoms with Crippen LogP contribution in [0.1, 0.15) is 11.1 Å². The van der Waals surface area contributed by atoms with Crippen LogP contribution < -0.4 is 0 Å². The Hall–Kier alpha value is -1.56. The van der Waals surface area contributed by atoms with Crippen LogP contribution in [-0.2, 0) is 16.1 Å². The van der Waals surface area contributed by atoms with Gasteiger partial charge >= 0.3 is 5.97 Å². The fourth-order valence-electron chi connectivity index (χ4n) is 1.21. The first-order chi connectivity index (χ1) is 7.54. The predicted molar refractivity (Wildman–Crippen MR) is 61.5 cm³/mol. The molecule has 5 nitrogen and oxygen atoms in total. The lowest BCUT2D eigenvalue weighted by Gasteiger charge is -2.05. The van der Waals surface area contributed by atoms with E-state index in [1.54, 1.807) is 12.1 Å². The van der Waals surface area contributed by atoms with Crippen molar-refractivity contribution in [1.29, 1.82) is 0 Å². The summed E-state index contributed by atoms with van der Waals surface area (Å²) in [6, 6.07) is 4.67. The molecule has 0 saturated carbocycles. The third-order valence-corrected chi connectivity index (χ3v) is 2.21. The summed E-state index contributed by atoms with van der Waals surface area (Å²) in [5, 5.41) is 10.7. The quantitative estimate of drug-likeness (QED) is 0.378. The minimum Gasteiger partial charge on any atom is -0.460 e. The summed E-state index contributed by atoms with van der Waals surface area (Å²) in [6.45, 7) is 1.71. The molecular weight excluding hydrogens is 230 g/mol. The summed E-state index contributed by atoms with van der Waals surface area (Å²) in [6.07, 6.45) is 0. The lowest BCUT2D eigenvalue weighted by molar-refractivity contribution is -0.385. The van der Waals surface area contributed by atoms with Crippen molar-refractivity contribution in [3.8, 4) is 0 Å². The van der Waals surface area contributed by atoms with Crippen LogP contribution in [0.3, 0.4) is 0 Å². The minimum absolute atomic E-state index is 0.0421. The smallest absolute Gasteiger partial charge is 0.315 e. The maximum atomic E-state index is 10.9. The van der Waals surface area contributed by atoms with Gasteiger partial charge in [-0.25, -0.2) is 0 Å². The van der Waals surface area contributed by atoms with E-state index < -0.39 is 10.9 Å². The molecule has 0 radical (unpaired) electrons. The van der Waals surface area contributed by atoms with Crippen molar-refractivity contribution < 1.29 is 14.5 Å². The lowest BCUT2D eigenvalue weighted by atomic mass is 10.1. The first kappa shape index (κ1) is 12.5. The summed E-state index contributed by atoms with van der Waals surface area (Å²) in [7, 11) is 0. The van der Waals surface area contributed by atoms with Gasteiger partial charge in [-0.1, -0.05) is 11.6 Å². The number of nitro benzene ring substituents is 1. The van der Waals surface area contributed by atoms with Crippen molar-refractivity contribution >= 4 is 24.3 Å². The average molecular weight is 241 g/mol. The third-order valence-electron chi connectivity index (χ3n) is 1.95. The molecule has 0 aliphatic heterocycles. The number of thiol groups is 1. The molecule has 1 aromatic rings. The molecule has 16 heavy (non-hydrogen) atoms. The Labute approximate surface area is 98.0 Å². The molecule has 0 saturated heterocycles. The number of hydrogen-bond acceptors (Lipinski definition) is 5. The minimum atomic E-state index is -0.501. The molecular formula is C10H11NO4S. The first-order valence-electron chi connectivity index (χ1n) is 4.55. The highest BCUT2D eigenvalue weighted by Gasteiger charge is 2.14. The molecule has 0 bridgehead atoms. The number of rotatable bonds is 4. The number of aryl methyl sites for hydroxylation is 1. The van der Waals surface area contributed by atoms with Crippen LogP contribution in [0.15, 0.2) is 18.2 Å². The van der Waals surface area contributed by atoms with Crippen molar-refractivity contribution in [3.63, 3.8) is 0 Å². The van der Waals surface area contributed by atoms with Gasteiger partial charge in [0.2, 0.25) is 0 Å². The van der Waals surface area contributed by atoms with E-state index in [4.69, 9.17) is 4.74 Å². The number of hydrogen-bond donors (Lipinski definition) is 1. The number of carbonyl (C=O) groups excluding carboxylic acids is 1. The highest BCUT2D eigenvalue weighted by atomic mass is 32.1. The fraction of sp³-hybridized carbons (Fsp3) is 0.300. The number of carbonyl (C=O) groups is 1. The third kappa shape index (κ3) is 3.23. The van der Waals surface area contributed by atoms with Gasteiger partial charge in [0.05, 0.1) is 16.2 Å². The number of benzene rings is 1. The van der Waals surface area contributed by atoms with Crippen LogP contribution in [-0.4, -0.2) is 16.6 Å². The Morgan fingerprint density at radius 1 is 1.56 bits per heavy atom. The molecule has 0 fully saturated rings. The largest absolute Gasteiger partial charge is 0.460 e. The first-order valence-corrected chi connectivity index (χ1v) is 5.18. The van der Waals surface area contributed by atoms with Crippen molar-refractivity contribution in [2.24, 2.45) is 0 Å². The van der Waals surface area contributed by atoms with Crippen molar-refractivity contribution in [2.75, 3.05) is 5.75 Å². The zero-order valence-corrected chi connectivity index (χ0v) is 9.57. The second-order valence-corrected chi connectivity index (χ2v) is 3.52. The highest BCUT2D eigenvalue weighted by Crippen LogP contribution is 2.20. The van der Waals surface area contributed by atoms with Crippen molar-refractivity contribution in [2.45, 2.75) is 13.5 Å². The van der Waals surface area contributed by atoms with Gasteiger partial charge in [-0.3, -0.25) is 14.9 Å². The van der Waals surface area contributed by atoms with Gasteiger partial charge in [0, 0.05) is 6.07 Å². The van der Waals surface area contributed by atoms with Crippen molar-refractivity contribution in [3.05, 3.63) is 39.4 Å². The molecule has 0 atom stereocenters. The van der Waals surface area contributed by atoms with Crippen LogP contribution in [0.4, 0.5) is 5.69 Å². The summed E-state index contributed by atoms with van der Waals surface area (Å²) < 4.78 is 4.80. The Kier molecular flexibility index (Phi) is 4.30. The summed E-state index contributed by atoms with van der Waals surface area (Å²) >= 11 is 3.74. The second kappa shape index (κ2) is 5.50. The van der Waals surface area contributed by atoms with Crippen LogP contribution in [0.5, 0.6) is 0 Å². The van der Waals surface area contributed by atoms with Gasteiger partial charge < -0.3 is 4.74 Å². The molecule has 1 rings (SSSR count). The predicted octanol–water partition coefficient (Wildman–Crippen LogP) is 1.88. The summed E-state index contributed by atoms with van der Waals surface area (Å²) in [5.41, 5.74) is 1.22. The van der Waals surface area contributed by atoms with Gasteiger partial charge in [-0.2, -0.15) is 12.6 Å².